The van der Waals surface area contributed by atoms with Gasteiger partial charge in [0.1, 0.15) is 18.1 Å². The lowest BCUT2D eigenvalue weighted by molar-refractivity contribution is 0.0159. The molecule has 0 bridgehead atoms. The Morgan fingerprint density at radius 2 is 1.89 bits per heavy atom. The summed E-state index contributed by atoms with van der Waals surface area (Å²) in [7, 11) is 1.66. The van der Waals surface area contributed by atoms with Gasteiger partial charge in [-0.15, -0.1) is 0 Å². The quantitative estimate of drug-likeness (QED) is 0.623. The molecule has 0 radical (unpaired) electrons. The minimum absolute atomic E-state index is 0.487. The zero-order valence-electron chi connectivity index (χ0n) is 12.2. The lowest BCUT2D eigenvalue weighted by atomic mass is 10.2. The molecule has 110 valence electrons. The van der Waals surface area contributed by atoms with Crippen LogP contribution in [0.4, 0.5) is 0 Å². The molecule has 0 saturated heterocycles. The Labute approximate surface area is 115 Å². The second-order valence-corrected chi connectivity index (χ2v) is 4.26. The Morgan fingerprint density at radius 1 is 1.16 bits per heavy atom. The summed E-state index contributed by atoms with van der Waals surface area (Å²) in [6.45, 7) is 8.67. The smallest absolute Gasteiger partial charge is 0.130 e. The molecule has 0 spiro atoms. The van der Waals surface area contributed by atoms with Crippen LogP contribution in [0, 0.1) is 6.92 Å². The van der Waals surface area contributed by atoms with E-state index in [-0.39, 0.29) is 0 Å². The Hall–Kier alpha value is -0.880. The van der Waals surface area contributed by atoms with E-state index in [9.17, 15) is 0 Å². The van der Waals surface area contributed by atoms with Crippen LogP contribution in [0.25, 0.3) is 0 Å². The average molecular weight is 271 g/mol. The van der Waals surface area contributed by atoms with Crippen LogP contribution in [0.15, 0.2) is 10.5 Å². The van der Waals surface area contributed by atoms with Crippen LogP contribution in [0.5, 0.6) is 0 Å². The molecule has 0 aliphatic heterocycles. The van der Waals surface area contributed by atoms with E-state index in [1.807, 2.05) is 13.0 Å². The predicted octanol–water partition coefficient (Wildman–Crippen LogP) is 1.88. The zero-order valence-corrected chi connectivity index (χ0v) is 12.2. The Morgan fingerprint density at radius 3 is 2.63 bits per heavy atom. The zero-order chi connectivity index (χ0) is 13.9. The van der Waals surface area contributed by atoms with Gasteiger partial charge in [0.2, 0.25) is 0 Å². The van der Waals surface area contributed by atoms with Crippen molar-refractivity contribution in [3.63, 3.8) is 0 Å². The minimum atomic E-state index is 0.487. The molecule has 5 heteroatoms. The van der Waals surface area contributed by atoms with Gasteiger partial charge in [-0.05, 0) is 25.1 Å². The van der Waals surface area contributed by atoms with Gasteiger partial charge >= 0.3 is 0 Å². The monoisotopic (exact) mass is 271 g/mol. The first-order chi connectivity index (χ1) is 9.27. The fourth-order valence-corrected chi connectivity index (χ4v) is 1.61. The first-order valence-electron chi connectivity index (χ1n) is 6.71. The number of methoxy groups -OCH3 is 1. The molecule has 1 N–H and O–H groups in total. The Kier molecular flexibility index (Phi) is 8.49. The second-order valence-electron chi connectivity index (χ2n) is 4.26. The third-order valence-electron chi connectivity index (χ3n) is 2.66. The largest absolute Gasteiger partial charge is 0.462 e. The van der Waals surface area contributed by atoms with E-state index in [0.29, 0.717) is 33.0 Å². The number of hydrogen-bond acceptors (Lipinski definition) is 5. The van der Waals surface area contributed by atoms with Crippen molar-refractivity contribution < 1.29 is 18.6 Å². The number of rotatable bonds is 11. The maximum atomic E-state index is 5.71. The van der Waals surface area contributed by atoms with Crippen LogP contribution in [0.3, 0.4) is 0 Å². The average Bonchev–Trinajstić information content (AvgIpc) is 2.76. The molecule has 0 saturated carbocycles. The maximum absolute atomic E-state index is 5.71. The number of furan rings is 1. The molecule has 0 fully saturated rings. The molecule has 0 aromatic carbocycles. The van der Waals surface area contributed by atoms with Crippen LogP contribution in [0.2, 0.25) is 0 Å². The SMILES string of the molecule is CCNCc1oc(COCCOCCOC)cc1C. The lowest BCUT2D eigenvalue weighted by Crippen LogP contribution is -2.11. The summed E-state index contributed by atoms with van der Waals surface area (Å²) in [5.41, 5.74) is 1.16. The van der Waals surface area contributed by atoms with Gasteiger partial charge in [0.15, 0.2) is 0 Å². The van der Waals surface area contributed by atoms with Crippen molar-refractivity contribution in [2.45, 2.75) is 27.0 Å². The van der Waals surface area contributed by atoms with Crippen molar-refractivity contribution in [1.29, 1.82) is 0 Å². The fourth-order valence-electron chi connectivity index (χ4n) is 1.61. The summed E-state index contributed by atoms with van der Waals surface area (Å²) >= 11 is 0. The van der Waals surface area contributed by atoms with Crippen molar-refractivity contribution >= 4 is 0 Å². The van der Waals surface area contributed by atoms with E-state index >= 15 is 0 Å². The highest BCUT2D eigenvalue weighted by atomic mass is 16.5. The van der Waals surface area contributed by atoms with E-state index in [1.54, 1.807) is 7.11 Å². The van der Waals surface area contributed by atoms with Crippen LogP contribution in [-0.2, 0) is 27.4 Å². The maximum Gasteiger partial charge on any atom is 0.130 e. The molecule has 0 unspecified atom stereocenters. The second kappa shape index (κ2) is 9.97. The van der Waals surface area contributed by atoms with Crippen molar-refractivity contribution in [3.05, 3.63) is 23.2 Å². The number of nitrogens with one attached hydrogen (secondary N) is 1. The lowest BCUT2D eigenvalue weighted by Gasteiger charge is -2.04. The molecular formula is C14H25NO4. The summed E-state index contributed by atoms with van der Waals surface area (Å²) in [4.78, 5) is 0. The molecule has 0 aliphatic rings. The number of aryl methyl sites for hydroxylation is 1. The third kappa shape index (κ3) is 6.73. The van der Waals surface area contributed by atoms with Gasteiger partial charge in [-0.1, -0.05) is 6.92 Å². The molecule has 0 atom stereocenters. The Balaban J connectivity index is 2.15. The minimum Gasteiger partial charge on any atom is -0.462 e. The fraction of sp³-hybridized carbons (Fsp3) is 0.714. The van der Waals surface area contributed by atoms with Gasteiger partial charge in [-0.3, -0.25) is 0 Å². The molecule has 0 amide bonds. The number of ether oxygens (including phenoxy) is 3. The van der Waals surface area contributed by atoms with Gasteiger partial charge < -0.3 is 23.9 Å². The molecule has 1 aromatic rings. The summed E-state index contributed by atoms with van der Waals surface area (Å²) in [5.74, 6) is 1.85. The van der Waals surface area contributed by atoms with Gasteiger partial charge in [0.05, 0.1) is 33.0 Å². The normalized spacial score (nSPS) is 11.1. The molecule has 0 aliphatic carbocycles. The van der Waals surface area contributed by atoms with Crippen molar-refractivity contribution in [3.8, 4) is 0 Å². The van der Waals surface area contributed by atoms with Crippen molar-refractivity contribution in [2.24, 2.45) is 0 Å². The van der Waals surface area contributed by atoms with Gasteiger partial charge in [-0.2, -0.15) is 0 Å². The highest BCUT2D eigenvalue weighted by molar-refractivity contribution is 5.19. The molecule has 5 nitrogen and oxygen atoms in total. The Bertz CT molecular complexity index is 338. The van der Waals surface area contributed by atoms with E-state index in [4.69, 9.17) is 18.6 Å². The first kappa shape index (κ1) is 16.2. The molecular weight excluding hydrogens is 246 g/mol. The van der Waals surface area contributed by atoms with Gasteiger partial charge in [-0.25, -0.2) is 0 Å². The first-order valence-corrected chi connectivity index (χ1v) is 6.71. The number of hydrogen-bond donors (Lipinski definition) is 1. The van der Waals surface area contributed by atoms with Crippen LogP contribution in [0.1, 0.15) is 24.0 Å². The summed E-state index contributed by atoms with van der Waals surface area (Å²) in [6.07, 6.45) is 0. The molecule has 19 heavy (non-hydrogen) atoms. The molecule has 1 rings (SSSR count). The van der Waals surface area contributed by atoms with E-state index < -0.39 is 0 Å². The van der Waals surface area contributed by atoms with Gasteiger partial charge in [0.25, 0.3) is 0 Å². The molecule has 1 aromatic heterocycles. The standard InChI is InChI=1S/C14H25NO4/c1-4-15-10-14-12(2)9-13(19-14)11-18-8-7-17-6-5-16-3/h9,15H,4-8,10-11H2,1-3H3. The third-order valence-corrected chi connectivity index (χ3v) is 2.66. The van der Waals surface area contributed by atoms with Crippen molar-refractivity contribution in [2.75, 3.05) is 40.1 Å². The van der Waals surface area contributed by atoms with E-state index in [0.717, 1.165) is 30.2 Å². The summed E-state index contributed by atoms with van der Waals surface area (Å²) in [5, 5.41) is 3.25. The highest BCUT2D eigenvalue weighted by Gasteiger charge is 2.06. The van der Waals surface area contributed by atoms with Crippen LogP contribution >= 0.6 is 0 Å². The topological polar surface area (TPSA) is 52.9 Å². The van der Waals surface area contributed by atoms with Crippen molar-refractivity contribution in [1.82, 2.24) is 5.32 Å². The summed E-state index contributed by atoms with van der Waals surface area (Å²) in [6, 6.07) is 2.03. The van der Waals surface area contributed by atoms with Gasteiger partial charge in [0, 0.05) is 7.11 Å². The molecule has 1 heterocycles. The highest BCUT2D eigenvalue weighted by Crippen LogP contribution is 2.15. The summed E-state index contributed by atoms with van der Waals surface area (Å²) < 4.78 is 21.4. The van der Waals surface area contributed by atoms with Crippen LogP contribution < -0.4 is 5.32 Å². The predicted molar refractivity (Wildman–Crippen MR) is 73.2 cm³/mol. The van der Waals surface area contributed by atoms with E-state index in [2.05, 4.69) is 12.2 Å². The van der Waals surface area contributed by atoms with E-state index in [1.165, 1.54) is 0 Å². The van der Waals surface area contributed by atoms with Crippen LogP contribution in [-0.4, -0.2) is 40.1 Å².